The van der Waals surface area contributed by atoms with Crippen molar-refractivity contribution in [1.29, 1.82) is 0 Å². The summed E-state index contributed by atoms with van der Waals surface area (Å²) in [6.07, 6.45) is 10.1. The van der Waals surface area contributed by atoms with Crippen LogP contribution in [0.4, 0.5) is 5.69 Å². The molecule has 0 atom stereocenters. The van der Waals surface area contributed by atoms with Gasteiger partial charge in [0.05, 0.1) is 5.69 Å². The molecule has 0 aliphatic rings. The van der Waals surface area contributed by atoms with Gasteiger partial charge in [-0.05, 0) is 24.5 Å². The van der Waals surface area contributed by atoms with Crippen LogP contribution in [0.15, 0.2) is 34.3 Å². The van der Waals surface area contributed by atoms with Crippen molar-refractivity contribution in [1.82, 2.24) is 0 Å². The summed E-state index contributed by atoms with van der Waals surface area (Å²) in [4.78, 5) is 8.04. The Morgan fingerprint density at radius 1 is 0.909 bits per heavy atom. The van der Waals surface area contributed by atoms with Crippen molar-refractivity contribution in [3.63, 3.8) is 0 Å². The Balaban J connectivity index is 2.49. The minimum Gasteiger partial charge on any atom is -0.370 e. The monoisotopic (exact) mass is 303 g/mol. The highest BCUT2D eigenvalue weighted by Gasteiger charge is 2.02. The number of nitrogens with two attached hydrogens (primary N) is 3. The molecular weight excluding hydrogens is 274 g/mol. The largest absolute Gasteiger partial charge is 0.370 e. The van der Waals surface area contributed by atoms with Crippen molar-refractivity contribution in [3.8, 4) is 0 Å². The third-order valence-electron chi connectivity index (χ3n) is 3.52. The maximum atomic E-state index is 5.70. The lowest BCUT2D eigenvalue weighted by atomic mass is 10.0. The van der Waals surface area contributed by atoms with Crippen LogP contribution < -0.4 is 17.2 Å². The summed E-state index contributed by atoms with van der Waals surface area (Å²) in [5.41, 5.74) is 18.3. The van der Waals surface area contributed by atoms with E-state index in [2.05, 4.69) is 23.0 Å². The first-order valence-corrected chi connectivity index (χ1v) is 8.15. The molecular formula is C17H29N5. The van der Waals surface area contributed by atoms with E-state index < -0.39 is 0 Å². The van der Waals surface area contributed by atoms with Crippen LogP contribution in [0.1, 0.15) is 57.4 Å². The Bertz CT molecular complexity index is 490. The third kappa shape index (κ3) is 7.67. The Morgan fingerprint density at radius 3 is 2.23 bits per heavy atom. The molecule has 5 heteroatoms. The zero-order valence-corrected chi connectivity index (χ0v) is 13.6. The van der Waals surface area contributed by atoms with Gasteiger partial charge in [-0.2, -0.15) is 4.99 Å². The fraction of sp³-hybridized carbons (Fsp3) is 0.529. The number of aryl methyl sites for hydroxylation is 1. The van der Waals surface area contributed by atoms with Crippen LogP contribution in [-0.2, 0) is 6.42 Å². The molecule has 0 bridgehead atoms. The summed E-state index contributed by atoms with van der Waals surface area (Å²) < 4.78 is 0. The van der Waals surface area contributed by atoms with Crippen molar-refractivity contribution in [2.75, 3.05) is 0 Å². The van der Waals surface area contributed by atoms with E-state index in [1.165, 1.54) is 50.5 Å². The second kappa shape index (κ2) is 10.7. The van der Waals surface area contributed by atoms with Crippen LogP contribution in [0.3, 0.4) is 0 Å². The van der Waals surface area contributed by atoms with Gasteiger partial charge < -0.3 is 17.2 Å². The summed E-state index contributed by atoms with van der Waals surface area (Å²) in [5, 5.41) is 0. The molecule has 0 unspecified atom stereocenters. The Morgan fingerprint density at radius 2 is 1.55 bits per heavy atom. The van der Waals surface area contributed by atoms with Crippen LogP contribution in [0, 0.1) is 0 Å². The van der Waals surface area contributed by atoms with E-state index >= 15 is 0 Å². The Hall–Kier alpha value is -2.04. The third-order valence-corrected chi connectivity index (χ3v) is 3.52. The second-order valence-electron chi connectivity index (χ2n) is 5.51. The van der Waals surface area contributed by atoms with Crippen LogP contribution in [-0.4, -0.2) is 11.9 Å². The van der Waals surface area contributed by atoms with Crippen molar-refractivity contribution < 1.29 is 0 Å². The van der Waals surface area contributed by atoms with E-state index in [9.17, 15) is 0 Å². The standard InChI is InChI=1S/C17H29N5/c1-2-3-4-5-6-7-8-11-14-12-9-10-13-15(14)21-17(20)22-16(18)19/h9-10,12-13H,2-8,11H2,1H3,(H6,18,19,20,21,22). The fourth-order valence-electron chi connectivity index (χ4n) is 2.38. The number of guanidine groups is 2. The minimum absolute atomic E-state index is 0.0780. The van der Waals surface area contributed by atoms with E-state index in [1.807, 2.05) is 18.2 Å². The molecule has 6 N–H and O–H groups in total. The number of para-hydroxylation sites is 1. The first-order chi connectivity index (χ1) is 10.6. The van der Waals surface area contributed by atoms with Gasteiger partial charge in [0.1, 0.15) is 0 Å². The van der Waals surface area contributed by atoms with Gasteiger partial charge in [-0.25, -0.2) is 4.99 Å². The number of unbranched alkanes of at least 4 members (excludes halogenated alkanes) is 6. The molecule has 0 saturated heterocycles. The van der Waals surface area contributed by atoms with Crippen LogP contribution in [0.5, 0.6) is 0 Å². The molecule has 0 aliphatic heterocycles. The fourth-order valence-corrected chi connectivity index (χ4v) is 2.38. The maximum Gasteiger partial charge on any atom is 0.223 e. The molecule has 0 amide bonds. The predicted octanol–water partition coefficient (Wildman–Crippen LogP) is 3.20. The van der Waals surface area contributed by atoms with Crippen molar-refractivity contribution >= 4 is 17.6 Å². The number of benzene rings is 1. The SMILES string of the molecule is CCCCCCCCCc1ccccc1N=C(N)N=C(N)N. The van der Waals surface area contributed by atoms with Gasteiger partial charge in [0.2, 0.25) is 5.96 Å². The van der Waals surface area contributed by atoms with Crippen molar-refractivity contribution in [2.45, 2.75) is 58.3 Å². The normalized spacial score (nSPS) is 11.4. The molecule has 1 aromatic rings. The number of nitrogens with zero attached hydrogens (tertiary/aromatic N) is 2. The molecule has 22 heavy (non-hydrogen) atoms. The summed E-state index contributed by atoms with van der Waals surface area (Å²) in [5.74, 6) is 0.0119. The number of aliphatic imine (C=N–C) groups is 2. The van der Waals surface area contributed by atoms with Gasteiger partial charge in [0, 0.05) is 0 Å². The first-order valence-electron chi connectivity index (χ1n) is 8.15. The zero-order valence-electron chi connectivity index (χ0n) is 13.6. The molecule has 1 rings (SSSR count). The van der Waals surface area contributed by atoms with Gasteiger partial charge >= 0.3 is 0 Å². The lowest BCUT2D eigenvalue weighted by molar-refractivity contribution is 0.589. The summed E-state index contributed by atoms with van der Waals surface area (Å²) in [7, 11) is 0. The molecule has 0 aromatic heterocycles. The van der Waals surface area contributed by atoms with Gasteiger partial charge in [-0.3, -0.25) is 0 Å². The quantitative estimate of drug-likeness (QED) is 0.371. The second-order valence-corrected chi connectivity index (χ2v) is 5.51. The first kappa shape index (κ1) is 18.0. The van der Waals surface area contributed by atoms with E-state index in [0.717, 1.165) is 12.1 Å². The van der Waals surface area contributed by atoms with Crippen LogP contribution >= 0.6 is 0 Å². The smallest absolute Gasteiger partial charge is 0.223 e. The molecule has 0 fully saturated rings. The topological polar surface area (TPSA) is 103 Å². The maximum absolute atomic E-state index is 5.70. The molecule has 0 aliphatic carbocycles. The lowest BCUT2D eigenvalue weighted by Crippen LogP contribution is -2.26. The summed E-state index contributed by atoms with van der Waals surface area (Å²) in [6, 6.07) is 7.98. The minimum atomic E-state index is -0.0780. The van der Waals surface area contributed by atoms with E-state index in [-0.39, 0.29) is 11.9 Å². The van der Waals surface area contributed by atoms with Gasteiger partial charge in [-0.15, -0.1) is 0 Å². The van der Waals surface area contributed by atoms with E-state index in [1.54, 1.807) is 0 Å². The number of hydrogen-bond donors (Lipinski definition) is 3. The van der Waals surface area contributed by atoms with E-state index in [0.29, 0.717) is 0 Å². The summed E-state index contributed by atoms with van der Waals surface area (Å²) in [6.45, 7) is 2.24. The lowest BCUT2D eigenvalue weighted by Gasteiger charge is -2.06. The average Bonchev–Trinajstić information content (AvgIpc) is 2.47. The molecule has 1 aromatic carbocycles. The zero-order chi connectivity index (χ0) is 16.2. The van der Waals surface area contributed by atoms with Gasteiger partial charge in [0.15, 0.2) is 5.96 Å². The molecule has 0 spiro atoms. The van der Waals surface area contributed by atoms with Crippen molar-refractivity contribution in [2.24, 2.45) is 27.2 Å². The predicted molar refractivity (Wildman–Crippen MR) is 95.2 cm³/mol. The van der Waals surface area contributed by atoms with E-state index in [4.69, 9.17) is 17.2 Å². The van der Waals surface area contributed by atoms with Crippen LogP contribution in [0.2, 0.25) is 0 Å². The molecule has 0 radical (unpaired) electrons. The van der Waals surface area contributed by atoms with Gasteiger partial charge in [0.25, 0.3) is 0 Å². The van der Waals surface area contributed by atoms with Crippen molar-refractivity contribution in [3.05, 3.63) is 29.8 Å². The molecule has 122 valence electrons. The average molecular weight is 303 g/mol. The summed E-state index contributed by atoms with van der Waals surface area (Å²) >= 11 is 0. The molecule has 0 heterocycles. The Labute approximate surface area is 133 Å². The molecule has 5 nitrogen and oxygen atoms in total. The number of hydrogen-bond acceptors (Lipinski definition) is 1. The number of rotatable bonds is 9. The highest BCUT2D eigenvalue weighted by atomic mass is 15.1. The van der Waals surface area contributed by atoms with Crippen LogP contribution in [0.25, 0.3) is 0 Å². The Kier molecular flexibility index (Phi) is 8.72. The van der Waals surface area contributed by atoms with Gasteiger partial charge in [-0.1, -0.05) is 63.6 Å². The highest BCUT2D eigenvalue weighted by molar-refractivity contribution is 5.93. The molecule has 0 saturated carbocycles. The highest BCUT2D eigenvalue weighted by Crippen LogP contribution is 2.21.